The molecule has 1 aliphatic rings. The third kappa shape index (κ3) is 5.33. The van der Waals surface area contributed by atoms with Gasteiger partial charge in [-0.05, 0) is 20.8 Å². The van der Waals surface area contributed by atoms with Gasteiger partial charge in [-0.3, -0.25) is 0 Å². The maximum Gasteiger partial charge on any atom is 0.410 e. The zero-order valence-corrected chi connectivity index (χ0v) is 11.9. The Morgan fingerprint density at radius 1 is 1.00 bits per heavy atom. The third-order valence-corrected chi connectivity index (χ3v) is 2.51. The minimum atomic E-state index is -1.20. The molecule has 1 saturated heterocycles. The Morgan fingerprint density at radius 3 is 1.85 bits per heavy atom. The van der Waals surface area contributed by atoms with Gasteiger partial charge in [0.05, 0.1) is 0 Å². The molecule has 0 aromatic rings. The lowest BCUT2D eigenvalue weighted by Crippen LogP contribution is -2.51. The number of amides is 2. The molecular weight excluding hydrogens is 268 g/mol. The molecule has 1 rings (SSSR count). The first-order valence-corrected chi connectivity index (χ1v) is 6.30. The van der Waals surface area contributed by atoms with E-state index in [1.54, 1.807) is 20.8 Å². The first kappa shape index (κ1) is 16.1. The molecule has 20 heavy (non-hydrogen) atoms. The van der Waals surface area contributed by atoms with Crippen LogP contribution in [0.3, 0.4) is 0 Å². The molecule has 0 aliphatic carbocycles. The molecule has 8 heteroatoms. The second-order valence-corrected chi connectivity index (χ2v) is 5.40. The summed E-state index contributed by atoms with van der Waals surface area (Å²) in [6, 6.07) is 0. The zero-order valence-electron chi connectivity index (χ0n) is 11.9. The fourth-order valence-corrected chi connectivity index (χ4v) is 1.61. The molecule has 1 aliphatic heterocycles. The molecule has 0 unspecified atom stereocenters. The third-order valence-electron chi connectivity index (χ3n) is 2.51. The van der Waals surface area contributed by atoms with Crippen molar-refractivity contribution in [1.29, 1.82) is 0 Å². The monoisotopic (exact) mass is 288 g/mol. The summed E-state index contributed by atoms with van der Waals surface area (Å²) in [7, 11) is 0. The fourth-order valence-electron chi connectivity index (χ4n) is 1.61. The van der Waals surface area contributed by atoms with E-state index in [1.165, 1.54) is 9.80 Å². The van der Waals surface area contributed by atoms with Crippen molar-refractivity contribution in [3.63, 3.8) is 0 Å². The maximum atomic E-state index is 11.8. The minimum absolute atomic E-state index is 0.289. The molecular formula is C12H20N2O6. The number of hydrogen-bond acceptors (Lipinski definition) is 5. The lowest BCUT2D eigenvalue weighted by Gasteiger charge is -2.34. The molecule has 0 spiro atoms. The van der Waals surface area contributed by atoms with Gasteiger partial charge >= 0.3 is 18.2 Å². The van der Waals surface area contributed by atoms with Gasteiger partial charge in [-0.25, -0.2) is 14.4 Å². The van der Waals surface area contributed by atoms with Crippen LogP contribution in [0.1, 0.15) is 20.8 Å². The van der Waals surface area contributed by atoms with Crippen LogP contribution in [-0.4, -0.2) is 71.4 Å². The average Bonchev–Trinajstić information content (AvgIpc) is 2.34. The molecule has 1 heterocycles. The van der Waals surface area contributed by atoms with Gasteiger partial charge in [0.25, 0.3) is 0 Å². The van der Waals surface area contributed by atoms with Crippen LogP contribution in [0.25, 0.3) is 0 Å². The minimum Gasteiger partial charge on any atom is -0.479 e. The van der Waals surface area contributed by atoms with Gasteiger partial charge in [0.2, 0.25) is 0 Å². The van der Waals surface area contributed by atoms with E-state index in [0.717, 1.165) is 0 Å². The Labute approximate surface area is 117 Å². The number of rotatable bonds is 2. The van der Waals surface area contributed by atoms with E-state index < -0.39 is 30.4 Å². The van der Waals surface area contributed by atoms with Gasteiger partial charge in [-0.1, -0.05) is 0 Å². The summed E-state index contributed by atoms with van der Waals surface area (Å²) in [5, 5.41) is 8.42. The van der Waals surface area contributed by atoms with E-state index in [4.69, 9.17) is 9.84 Å². The molecule has 0 saturated carbocycles. The first-order chi connectivity index (χ1) is 9.19. The van der Waals surface area contributed by atoms with E-state index in [9.17, 15) is 14.4 Å². The topological polar surface area (TPSA) is 96.4 Å². The van der Waals surface area contributed by atoms with Crippen LogP contribution in [0.4, 0.5) is 9.59 Å². The number of carboxylic acids is 1. The number of carbonyl (C=O) groups excluding carboxylic acids is 2. The summed E-state index contributed by atoms with van der Waals surface area (Å²) in [6.07, 6.45) is -1.10. The van der Waals surface area contributed by atoms with Crippen LogP contribution in [-0.2, 0) is 14.3 Å². The number of nitrogens with zero attached hydrogens (tertiary/aromatic N) is 2. The number of hydrogen-bond donors (Lipinski definition) is 1. The summed E-state index contributed by atoms with van der Waals surface area (Å²) in [5.41, 5.74) is -0.561. The molecule has 114 valence electrons. The lowest BCUT2D eigenvalue weighted by atomic mass is 10.2. The Hall–Kier alpha value is -1.99. The average molecular weight is 288 g/mol. The van der Waals surface area contributed by atoms with Crippen molar-refractivity contribution in [3.8, 4) is 0 Å². The quantitative estimate of drug-likeness (QED) is 0.805. The number of carboxylic acid groups (broad SMARTS) is 1. The van der Waals surface area contributed by atoms with Crippen LogP contribution in [0.15, 0.2) is 0 Å². The maximum absolute atomic E-state index is 11.8. The van der Waals surface area contributed by atoms with E-state index in [-0.39, 0.29) is 13.1 Å². The van der Waals surface area contributed by atoms with Gasteiger partial charge in [0.15, 0.2) is 6.61 Å². The molecule has 0 bridgehead atoms. The largest absolute Gasteiger partial charge is 0.479 e. The fraction of sp³-hybridized carbons (Fsp3) is 0.750. The molecule has 1 fully saturated rings. The van der Waals surface area contributed by atoms with Gasteiger partial charge in [0.1, 0.15) is 5.60 Å². The lowest BCUT2D eigenvalue weighted by molar-refractivity contribution is -0.140. The van der Waals surface area contributed by atoms with Crippen molar-refractivity contribution >= 4 is 18.2 Å². The SMILES string of the molecule is CC(C)(C)OC(=O)N1CCN(C(=O)OCC(=O)O)CC1. The number of piperazine rings is 1. The van der Waals surface area contributed by atoms with E-state index in [0.29, 0.717) is 13.1 Å². The van der Waals surface area contributed by atoms with Gasteiger partial charge < -0.3 is 24.4 Å². The normalized spacial score (nSPS) is 15.8. The highest BCUT2D eigenvalue weighted by Crippen LogP contribution is 2.12. The summed E-state index contributed by atoms with van der Waals surface area (Å²) < 4.78 is 9.80. The summed E-state index contributed by atoms with van der Waals surface area (Å²) >= 11 is 0. The molecule has 0 aromatic carbocycles. The van der Waals surface area contributed by atoms with Crippen molar-refractivity contribution in [3.05, 3.63) is 0 Å². The van der Waals surface area contributed by atoms with Gasteiger partial charge in [-0.15, -0.1) is 0 Å². The predicted octanol–water partition coefficient (Wildman–Crippen LogP) is 0.760. The molecule has 0 radical (unpaired) electrons. The predicted molar refractivity (Wildman–Crippen MR) is 68.4 cm³/mol. The summed E-state index contributed by atoms with van der Waals surface area (Å²) in [5.74, 6) is -1.20. The Kier molecular flexibility index (Phi) is 5.18. The van der Waals surface area contributed by atoms with E-state index in [2.05, 4.69) is 4.74 Å². The van der Waals surface area contributed by atoms with Gasteiger partial charge in [-0.2, -0.15) is 0 Å². The second kappa shape index (κ2) is 6.44. The summed E-state index contributed by atoms with van der Waals surface area (Å²) in [4.78, 5) is 36.5. The standard InChI is InChI=1S/C12H20N2O6/c1-12(2,3)20-11(18)14-6-4-13(5-7-14)10(17)19-8-9(15)16/h4-8H2,1-3H3,(H,15,16). The smallest absolute Gasteiger partial charge is 0.410 e. The van der Waals surface area contributed by atoms with Crippen molar-refractivity contribution in [2.75, 3.05) is 32.8 Å². The Morgan fingerprint density at radius 2 is 1.45 bits per heavy atom. The number of aliphatic carboxylic acids is 1. The molecule has 2 amide bonds. The Bertz CT molecular complexity index is 382. The first-order valence-electron chi connectivity index (χ1n) is 6.30. The summed E-state index contributed by atoms with van der Waals surface area (Å²) in [6.45, 7) is 5.92. The van der Waals surface area contributed by atoms with Crippen LogP contribution >= 0.6 is 0 Å². The highest BCUT2D eigenvalue weighted by Gasteiger charge is 2.28. The highest BCUT2D eigenvalue weighted by atomic mass is 16.6. The number of ether oxygens (including phenoxy) is 2. The van der Waals surface area contributed by atoms with Crippen molar-refractivity contribution < 1.29 is 29.0 Å². The van der Waals surface area contributed by atoms with Crippen LogP contribution in [0.2, 0.25) is 0 Å². The van der Waals surface area contributed by atoms with Gasteiger partial charge in [0, 0.05) is 26.2 Å². The van der Waals surface area contributed by atoms with Crippen molar-refractivity contribution in [1.82, 2.24) is 9.80 Å². The molecule has 0 atom stereocenters. The molecule has 8 nitrogen and oxygen atoms in total. The van der Waals surface area contributed by atoms with E-state index in [1.807, 2.05) is 0 Å². The van der Waals surface area contributed by atoms with E-state index >= 15 is 0 Å². The van der Waals surface area contributed by atoms with Crippen LogP contribution < -0.4 is 0 Å². The van der Waals surface area contributed by atoms with Crippen LogP contribution in [0, 0.1) is 0 Å². The Balaban J connectivity index is 2.38. The second-order valence-electron chi connectivity index (χ2n) is 5.40. The highest BCUT2D eigenvalue weighted by molar-refractivity contribution is 5.74. The van der Waals surface area contributed by atoms with Crippen molar-refractivity contribution in [2.24, 2.45) is 0 Å². The van der Waals surface area contributed by atoms with Crippen molar-refractivity contribution in [2.45, 2.75) is 26.4 Å². The molecule has 1 N–H and O–H groups in total. The zero-order chi connectivity index (χ0) is 15.3. The molecule has 0 aromatic heterocycles. The van der Waals surface area contributed by atoms with Crippen LogP contribution in [0.5, 0.6) is 0 Å². The number of carbonyl (C=O) groups is 3.